The van der Waals surface area contributed by atoms with Gasteiger partial charge in [-0.3, -0.25) is 0 Å². The van der Waals surface area contributed by atoms with Crippen LogP contribution in [0, 0.1) is 29.6 Å². The highest BCUT2D eigenvalue weighted by Gasteiger charge is 2.20. The maximum absolute atomic E-state index is 9.70. The van der Waals surface area contributed by atoms with Crippen LogP contribution in [0.5, 0.6) is 0 Å². The molecule has 6 heteroatoms. The number of rotatable bonds is 6. The van der Waals surface area contributed by atoms with Gasteiger partial charge >= 0.3 is 0 Å². The lowest BCUT2D eigenvalue weighted by Gasteiger charge is -2.21. The van der Waals surface area contributed by atoms with Crippen molar-refractivity contribution >= 4 is 12.4 Å². The van der Waals surface area contributed by atoms with Crippen molar-refractivity contribution in [3.8, 4) is 23.3 Å². The van der Waals surface area contributed by atoms with Crippen LogP contribution in [0.1, 0.15) is 39.6 Å². The third-order valence-electron chi connectivity index (χ3n) is 5.52. The van der Waals surface area contributed by atoms with Crippen LogP contribution in [-0.2, 0) is 18.4 Å². The van der Waals surface area contributed by atoms with E-state index in [9.17, 15) is 5.26 Å². The van der Waals surface area contributed by atoms with Gasteiger partial charge in [-0.25, -0.2) is 4.98 Å². The second-order valence-corrected chi connectivity index (χ2v) is 7.66. The zero-order valence-corrected chi connectivity index (χ0v) is 19.2. The van der Waals surface area contributed by atoms with Gasteiger partial charge in [0.15, 0.2) is 0 Å². The van der Waals surface area contributed by atoms with Gasteiger partial charge in [-0.2, -0.15) is 10.5 Å². The van der Waals surface area contributed by atoms with Crippen molar-refractivity contribution in [2.45, 2.75) is 19.6 Å². The van der Waals surface area contributed by atoms with Crippen molar-refractivity contribution in [1.29, 1.82) is 10.5 Å². The van der Waals surface area contributed by atoms with Gasteiger partial charge in [-0.1, -0.05) is 42.5 Å². The normalized spacial score (nSPS) is 11.2. The SMILES string of the molecule is Cc1ccccc1-c1cc(C(OCc2ccc(C#N)cc2)c2cncn2C)ccc1C#N.Cl. The van der Waals surface area contributed by atoms with Gasteiger partial charge < -0.3 is 9.30 Å². The van der Waals surface area contributed by atoms with E-state index >= 15 is 0 Å². The number of halogens is 1. The number of hydrogen-bond acceptors (Lipinski definition) is 4. The molecule has 0 bridgehead atoms. The highest BCUT2D eigenvalue weighted by Crippen LogP contribution is 2.33. The third kappa shape index (κ3) is 5.13. The van der Waals surface area contributed by atoms with Crippen molar-refractivity contribution in [2.75, 3.05) is 0 Å². The van der Waals surface area contributed by atoms with Crippen LogP contribution in [0.4, 0.5) is 0 Å². The lowest BCUT2D eigenvalue weighted by atomic mass is 9.93. The molecule has 0 saturated heterocycles. The summed E-state index contributed by atoms with van der Waals surface area (Å²) in [5.74, 6) is 0. The van der Waals surface area contributed by atoms with Crippen molar-refractivity contribution in [3.63, 3.8) is 0 Å². The van der Waals surface area contributed by atoms with E-state index in [4.69, 9.17) is 10.00 Å². The molecule has 4 aromatic rings. The van der Waals surface area contributed by atoms with E-state index in [1.807, 2.05) is 73.1 Å². The van der Waals surface area contributed by atoms with E-state index in [0.29, 0.717) is 17.7 Å². The molecule has 4 rings (SSSR count). The average molecular weight is 455 g/mol. The Balaban J connectivity index is 0.00000306. The molecule has 1 unspecified atom stereocenters. The summed E-state index contributed by atoms with van der Waals surface area (Å²) in [6.45, 7) is 2.42. The summed E-state index contributed by atoms with van der Waals surface area (Å²) in [5, 5.41) is 18.7. The molecule has 0 fully saturated rings. The van der Waals surface area contributed by atoms with Crippen LogP contribution >= 0.6 is 12.4 Å². The first-order valence-electron chi connectivity index (χ1n) is 10.3. The molecular formula is C27H23ClN4O. The van der Waals surface area contributed by atoms with Crippen LogP contribution in [0.2, 0.25) is 0 Å². The maximum Gasteiger partial charge on any atom is 0.124 e. The molecule has 0 radical (unpaired) electrons. The number of aryl methyl sites for hydroxylation is 2. The number of benzene rings is 3. The van der Waals surface area contributed by atoms with Crippen LogP contribution in [0.25, 0.3) is 11.1 Å². The first-order chi connectivity index (χ1) is 15.6. The number of ether oxygens (including phenoxy) is 1. The molecule has 0 N–H and O–H groups in total. The van der Waals surface area contributed by atoms with E-state index in [2.05, 4.69) is 17.1 Å². The molecule has 0 aliphatic carbocycles. The van der Waals surface area contributed by atoms with Crippen molar-refractivity contribution in [2.24, 2.45) is 7.05 Å². The quantitative estimate of drug-likeness (QED) is 0.365. The molecular weight excluding hydrogens is 432 g/mol. The molecule has 164 valence electrons. The first kappa shape index (κ1) is 23.8. The standard InChI is InChI=1S/C27H22N4O.ClH/c1-19-5-3-4-6-24(19)25-13-22(11-12-23(25)15-29)27(26-16-30-18-31(26)2)32-17-21-9-7-20(14-28)8-10-21;/h3-13,16,18,27H,17H2,1-2H3;1H. The van der Waals surface area contributed by atoms with Crippen LogP contribution in [0.3, 0.4) is 0 Å². The zero-order valence-electron chi connectivity index (χ0n) is 18.4. The van der Waals surface area contributed by atoms with Gasteiger partial charge in [0, 0.05) is 12.6 Å². The first-order valence-corrected chi connectivity index (χ1v) is 10.3. The number of aromatic nitrogens is 2. The maximum atomic E-state index is 9.70. The minimum Gasteiger partial charge on any atom is -0.363 e. The van der Waals surface area contributed by atoms with Gasteiger partial charge in [0.25, 0.3) is 0 Å². The van der Waals surface area contributed by atoms with Crippen LogP contribution in [-0.4, -0.2) is 9.55 Å². The lowest BCUT2D eigenvalue weighted by molar-refractivity contribution is 0.0622. The van der Waals surface area contributed by atoms with E-state index in [-0.39, 0.29) is 18.5 Å². The van der Waals surface area contributed by atoms with Gasteiger partial charge in [0.2, 0.25) is 0 Å². The molecule has 0 aliphatic rings. The molecule has 0 aliphatic heterocycles. The summed E-state index contributed by atoms with van der Waals surface area (Å²) in [6, 6.07) is 25.7. The molecule has 5 nitrogen and oxygen atoms in total. The Labute approximate surface area is 199 Å². The third-order valence-corrected chi connectivity index (χ3v) is 5.52. The largest absolute Gasteiger partial charge is 0.363 e. The second kappa shape index (κ2) is 10.6. The summed E-state index contributed by atoms with van der Waals surface area (Å²) < 4.78 is 8.32. The summed E-state index contributed by atoms with van der Waals surface area (Å²) in [5.41, 5.74) is 7.10. The summed E-state index contributed by atoms with van der Waals surface area (Å²) in [7, 11) is 1.94. The Morgan fingerprint density at radius 2 is 1.73 bits per heavy atom. The number of imidazole rings is 1. The van der Waals surface area contributed by atoms with E-state index in [1.165, 1.54) is 0 Å². The highest BCUT2D eigenvalue weighted by atomic mass is 35.5. The van der Waals surface area contributed by atoms with Crippen molar-refractivity contribution < 1.29 is 4.74 Å². The van der Waals surface area contributed by atoms with E-state index < -0.39 is 0 Å². The molecule has 1 heterocycles. The molecule has 1 aromatic heterocycles. The minimum absolute atomic E-state index is 0. The van der Waals surface area contributed by atoms with Gasteiger partial charge in [-0.05, 0) is 53.4 Å². The Hall–Kier alpha value is -3.90. The fourth-order valence-electron chi connectivity index (χ4n) is 3.75. The molecule has 1 atom stereocenters. The zero-order chi connectivity index (χ0) is 22.5. The highest BCUT2D eigenvalue weighted by molar-refractivity contribution is 5.85. The summed E-state index contributed by atoms with van der Waals surface area (Å²) >= 11 is 0. The molecule has 33 heavy (non-hydrogen) atoms. The Bertz CT molecular complexity index is 1330. The predicted octanol–water partition coefficient (Wildman–Crippen LogP) is 5.87. The number of nitrogens with zero attached hydrogens (tertiary/aromatic N) is 4. The minimum atomic E-state index is -0.367. The lowest BCUT2D eigenvalue weighted by Crippen LogP contribution is -2.11. The second-order valence-electron chi connectivity index (χ2n) is 7.66. The molecule has 0 saturated carbocycles. The molecule has 0 spiro atoms. The van der Waals surface area contributed by atoms with E-state index in [0.717, 1.165) is 33.5 Å². The van der Waals surface area contributed by atoms with Crippen molar-refractivity contribution in [3.05, 3.63) is 113 Å². The smallest absolute Gasteiger partial charge is 0.124 e. The monoisotopic (exact) mass is 454 g/mol. The van der Waals surface area contributed by atoms with E-state index in [1.54, 1.807) is 24.7 Å². The van der Waals surface area contributed by atoms with Gasteiger partial charge in [-0.15, -0.1) is 12.4 Å². The molecule has 0 amide bonds. The fourth-order valence-corrected chi connectivity index (χ4v) is 3.75. The van der Waals surface area contributed by atoms with Crippen molar-refractivity contribution in [1.82, 2.24) is 9.55 Å². The Morgan fingerprint density at radius 1 is 0.970 bits per heavy atom. The summed E-state index contributed by atoms with van der Waals surface area (Å²) in [6.07, 6.45) is 3.18. The number of nitriles is 2. The predicted molar refractivity (Wildman–Crippen MR) is 130 cm³/mol. The van der Waals surface area contributed by atoms with Gasteiger partial charge in [0.1, 0.15) is 6.10 Å². The topological polar surface area (TPSA) is 74.6 Å². The average Bonchev–Trinajstić information content (AvgIpc) is 3.25. The van der Waals surface area contributed by atoms with Gasteiger partial charge in [0.05, 0.1) is 48.1 Å². The number of hydrogen-bond donors (Lipinski definition) is 0. The van der Waals surface area contributed by atoms with Crippen LogP contribution < -0.4 is 0 Å². The Kier molecular flexibility index (Phi) is 7.64. The van der Waals surface area contributed by atoms with Crippen LogP contribution in [0.15, 0.2) is 79.3 Å². The Morgan fingerprint density at radius 3 is 2.36 bits per heavy atom. The molecule has 3 aromatic carbocycles. The fraction of sp³-hybridized carbons (Fsp3) is 0.148. The summed E-state index contributed by atoms with van der Waals surface area (Å²) in [4.78, 5) is 4.27.